The molecule has 2 rings (SSSR count). The highest BCUT2D eigenvalue weighted by Crippen LogP contribution is 2.17. The predicted octanol–water partition coefficient (Wildman–Crippen LogP) is 1.35. The van der Waals surface area contributed by atoms with Gasteiger partial charge in [-0.15, -0.1) is 0 Å². The van der Waals surface area contributed by atoms with Gasteiger partial charge in [-0.2, -0.15) is 0 Å². The van der Waals surface area contributed by atoms with E-state index in [1.807, 2.05) is 0 Å². The van der Waals surface area contributed by atoms with Gasteiger partial charge in [-0.3, -0.25) is 10.1 Å². The van der Waals surface area contributed by atoms with E-state index in [0.29, 0.717) is 24.8 Å². The molecule has 0 atom stereocenters. The maximum Gasteiger partial charge on any atom is 0.382 e. The fraction of sp³-hybridized carbons (Fsp3) is 0.300. The molecule has 0 aliphatic carbocycles. The largest absolute Gasteiger partial charge is 0.438 e. The summed E-state index contributed by atoms with van der Waals surface area (Å²) in [6.07, 6.45) is 0. The quantitative estimate of drug-likeness (QED) is 0.440. The van der Waals surface area contributed by atoms with E-state index in [4.69, 9.17) is 9.57 Å². The highest BCUT2D eigenvalue weighted by atomic mass is 16.7. The molecule has 0 aromatic heterocycles. The second kappa shape index (κ2) is 4.18. The number of hydrogen-bond acceptors (Lipinski definition) is 4. The lowest BCUT2D eigenvalue weighted by Gasteiger charge is -1.97. The van der Waals surface area contributed by atoms with Crippen LogP contribution in [-0.4, -0.2) is 28.7 Å². The van der Waals surface area contributed by atoms with Crippen LogP contribution in [0.15, 0.2) is 24.3 Å². The maximum atomic E-state index is 10.4. The van der Waals surface area contributed by atoms with Crippen LogP contribution in [0.2, 0.25) is 0 Å². The van der Waals surface area contributed by atoms with Crippen LogP contribution in [-0.2, 0) is 4.74 Å². The summed E-state index contributed by atoms with van der Waals surface area (Å²) in [5, 5.41) is 10.4. The van der Waals surface area contributed by atoms with Crippen LogP contribution in [0.1, 0.15) is 6.92 Å². The average molecular weight is 223 g/mol. The molecular weight excluding hydrogens is 212 g/mol. The van der Waals surface area contributed by atoms with Crippen LogP contribution in [0.25, 0.3) is 0 Å². The first-order valence-corrected chi connectivity index (χ1v) is 4.83. The molecule has 0 saturated heterocycles. The topological polar surface area (TPSA) is 64.6 Å². The van der Waals surface area contributed by atoms with E-state index in [1.54, 1.807) is 23.8 Å². The van der Waals surface area contributed by atoms with E-state index < -0.39 is 4.92 Å². The molecule has 6 heteroatoms. The summed E-state index contributed by atoms with van der Waals surface area (Å²) in [7, 11) is 0. The molecule has 0 fully saturated rings. The molecule has 1 aromatic carbocycles. The number of nitro groups is 1. The third-order valence-corrected chi connectivity index (χ3v) is 2.22. The maximum absolute atomic E-state index is 10.4. The summed E-state index contributed by atoms with van der Waals surface area (Å²) in [4.78, 5) is 15.5. The zero-order valence-electron chi connectivity index (χ0n) is 8.75. The van der Waals surface area contributed by atoms with Gasteiger partial charge in [0.1, 0.15) is 0 Å². The fourth-order valence-electron chi connectivity index (χ4n) is 1.37. The Morgan fingerprint density at radius 3 is 2.62 bits per heavy atom. The van der Waals surface area contributed by atoms with Gasteiger partial charge >= 0.3 is 5.90 Å². The fourth-order valence-corrected chi connectivity index (χ4v) is 1.37. The Morgan fingerprint density at radius 2 is 2.12 bits per heavy atom. The predicted molar refractivity (Wildman–Crippen MR) is 55.5 cm³/mol. The number of ether oxygens (including phenoxy) is 1. The Morgan fingerprint density at radius 1 is 1.44 bits per heavy atom. The molecule has 0 amide bonds. The molecule has 1 aliphatic rings. The highest BCUT2D eigenvalue weighted by Gasteiger charge is 2.22. The Bertz CT molecular complexity index is 439. The normalized spacial score (nSPS) is 14.8. The summed E-state index contributed by atoms with van der Waals surface area (Å²) in [5.74, 6) is 1.24. The SMILES string of the molecule is CC1=[N+](Oc2ccc([N+](=O)[O-])cc2)CCO1. The van der Waals surface area contributed by atoms with Gasteiger partial charge in [-0.05, 0) is 12.1 Å². The third-order valence-electron chi connectivity index (χ3n) is 2.22. The van der Waals surface area contributed by atoms with E-state index in [2.05, 4.69) is 0 Å². The monoisotopic (exact) mass is 223 g/mol. The number of nitrogens with zero attached hydrogens (tertiary/aromatic N) is 2. The van der Waals surface area contributed by atoms with Crippen molar-refractivity contribution in [2.45, 2.75) is 6.92 Å². The molecular formula is C10H11N2O4+. The number of nitro benzene ring substituents is 1. The number of hydroxylamine groups is 1. The number of benzene rings is 1. The van der Waals surface area contributed by atoms with E-state index in [-0.39, 0.29) is 5.69 Å². The van der Waals surface area contributed by atoms with Gasteiger partial charge in [0, 0.05) is 16.9 Å². The molecule has 0 bridgehead atoms. The highest BCUT2D eigenvalue weighted by molar-refractivity contribution is 5.68. The van der Waals surface area contributed by atoms with E-state index >= 15 is 0 Å². The van der Waals surface area contributed by atoms with Gasteiger partial charge in [-0.1, -0.05) is 0 Å². The minimum atomic E-state index is -0.444. The van der Waals surface area contributed by atoms with Crippen LogP contribution in [0.5, 0.6) is 5.75 Å². The number of rotatable bonds is 3. The molecule has 0 unspecified atom stereocenters. The Labute approximate surface area is 91.8 Å². The van der Waals surface area contributed by atoms with Crippen molar-refractivity contribution in [2.24, 2.45) is 0 Å². The molecule has 84 valence electrons. The van der Waals surface area contributed by atoms with Crippen molar-refractivity contribution in [3.05, 3.63) is 34.4 Å². The van der Waals surface area contributed by atoms with Crippen LogP contribution < -0.4 is 4.84 Å². The van der Waals surface area contributed by atoms with Crippen LogP contribution >= 0.6 is 0 Å². The van der Waals surface area contributed by atoms with Crippen LogP contribution in [0.3, 0.4) is 0 Å². The molecule has 16 heavy (non-hydrogen) atoms. The van der Waals surface area contributed by atoms with Crippen molar-refractivity contribution >= 4 is 11.6 Å². The second-order valence-electron chi connectivity index (χ2n) is 3.31. The van der Waals surface area contributed by atoms with Crippen LogP contribution in [0.4, 0.5) is 5.69 Å². The van der Waals surface area contributed by atoms with Gasteiger partial charge in [0.15, 0.2) is 6.61 Å². The van der Waals surface area contributed by atoms with Gasteiger partial charge in [-0.25, -0.2) is 4.84 Å². The molecule has 6 nitrogen and oxygen atoms in total. The van der Waals surface area contributed by atoms with Gasteiger partial charge in [0.05, 0.1) is 11.8 Å². The summed E-state index contributed by atoms with van der Waals surface area (Å²) >= 11 is 0. The lowest BCUT2D eigenvalue weighted by Crippen LogP contribution is -2.18. The van der Waals surface area contributed by atoms with Gasteiger partial charge in [0.25, 0.3) is 5.69 Å². The number of hydrogen-bond donors (Lipinski definition) is 0. The smallest absolute Gasteiger partial charge is 0.382 e. The third kappa shape index (κ3) is 2.10. The zero-order chi connectivity index (χ0) is 11.5. The average Bonchev–Trinajstić information content (AvgIpc) is 2.65. The van der Waals surface area contributed by atoms with Crippen molar-refractivity contribution in [2.75, 3.05) is 13.2 Å². The van der Waals surface area contributed by atoms with Crippen molar-refractivity contribution in [3.63, 3.8) is 0 Å². The molecule has 1 heterocycles. The Hall–Kier alpha value is -2.11. The molecule has 0 N–H and O–H groups in total. The second-order valence-corrected chi connectivity index (χ2v) is 3.31. The minimum Gasteiger partial charge on any atom is -0.438 e. The molecule has 1 aromatic rings. The standard InChI is InChI=1S/C10H11N2O4/c1-8-11(6-7-15-8)16-10-4-2-9(3-5-10)12(13)14/h2-5H,6-7H2,1H3/q+1. The molecule has 1 aliphatic heterocycles. The summed E-state index contributed by atoms with van der Waals surface area (Å²) in [6, 6.07) is 5.93. The Kier molecular flexibility index (Phi) is 2.72. The first kappa shape index (κ1) is 10.4. The van der Waals surface area contributed by atoms with E-state index in [1.165, 1.54) is 12.1 Å². The summed E-state index contributed by atoms with van der Waals surface area (Å²) in [5.41, 5.74) is 0.0470. The van der Waals surface area contributed by atoms with Crippen molar-refractivity contribution in [3.8, 4) is 5.75 Å². The first-order valence-electron chi connectivity index (χ1n) is 4.83. The lowest BCUT2D eigenvalue weighted by atomic mass is 10.3. The van der Waals surface area contributed by atoms with Crippen molar-refractivity contribution in [1.82, 2.24) is 0 Å². The van der Waals surface area contributed by atoms with Crippen LogP contribution in [0, 0.1) is 10.1 Å². The van der Waals surface area contributed by atoms with E-state index in [0.717, 1.165) is 0 Å². The van der Waals surface area contributed by atoms with E-state index in [9.17, 15) is 10.1 Å². The molecule has 0 spiro atoms. The Balaban J connectivity index is 2.11. The zero-order valence-corrected chi connectivity index (χ0v) is 8.75. The first-order chi connectivity index (χ1) is 7.66. The number of non-ortho nitro benzene ring substituents is 1. The van der Waals surface area contributed by atoms with Crippen molar-refractivity contribution < 1.29 is 19.2 Å². The lowest BCUT2D eigenvalue weighted by molar-refractivity contribution is -0.738. The molecule has 0 radical (unpaired) electrons. The summed E-state index contributed by atoms with van der Waals surface area (Å²) in [6.45, 7) is 3.06. The molecule has 0 saturated carbocycles. The van der Waals surface area contributed by atoms with Gasteiger partial charge < -0.3 is 4.74 Å². The summed E-state index contributed by atoms with van der Waals surface area (Å²) < 4.78 is 6.82. The van der Waals surface area contributed by atoms with Crippen molar-refractivity contribution in [1.29, 1.82) is 0 Å². The minimum absolute atomic E-state index is 0.0470. The van der Waals surface area contributed by atoms with Gasteiger partial charge in [0.2, 0.25) is 12.3 Å².